The van der Waals surface area contributed by atoms with Crippen molar-refractivity contribution in [3.05, 3.63) is 0 Å². The third-order valence-electron chi connectivity index (χ3n) is 1.29. The highest BCUT2D eigenvalue weighted by atomic mass is 35.6. The van der Waals surface area contributed by atoms with E-state index < -0.39 is 9.70 Å². The van der Waals surface area contributed by atoms with Gasteiger partial charge in [-0.05, 0) is 0 Å². The van der Waals surface area contributed by atoms with E-state index in [2.05, 4.69) is 5.48 Å². The van der Waals surface area contributed by atoms with Crippen LogP contribution in [0.15, 0.2) is 0 Å². The van der Waals surface area contributed by atoms with E-state index >= 15 is 0 Å². The van der Waals surface area contributed by atoms with Gasteiger partial charge in [-0.3, -0.25) is 9.63 Å². The van der Waals surface area contributed by atoms with Crippen molar-refractivity contribution in [2.45, 2.75) is 3.79 Å². The molecule has 0 fully saturated rings. The smallest absolute Gasteiger partial charge is 0.295 e. The Balaban J connectivity index is 0. The lowest BCUT2D eigenvalue weighted by atomic mass is 10.5. The van der Waals surface area contributed by atoms with Crippen LogP contribution in [0.3, 0.4) is 0 Å². The van der Waals surface area contributed by atoms with Gasteiger partial charge in [-0.1, -0.05) is 34.8 Å². The second kappa shape index (κ2) is 6.99. The molecule has 1 N–H and O–H groups in total. The number of rotatable bonds is 4. The van der Waals surface area contributed by atoms with Gasteiger partial charge in [-0.15, -0.1) is 0 Å². The first-order valence-corrected chi connectivity index (χ1v) is 5.06. The number of hydrogen-bond donors (Lipinski definition) is 1. The number of nitrogens with one attached hydrogen (secondary N) is 1. The molecule has 0 aromatic rings. The summed E-state index contributed by atoms with van der Waals surface area (Å²) in [4.78, 5) is 15.8. The van der Waals surface area contributed by atoms with E-state index in [1.807, 2.05) is 21.1 Å². The van der Waals surface area contributed by atoms with Crippen LogP contribution in [-0.4, -0.2) is 48.5 Å². The Kier molecular flexibility index (Phi) is 8.35. The van der Waals surface area contributed by atoms with Gasteiger partial charge >= 0.3 is 0 Å². The lowest BCUT2D eigenvalue weighted by Crippen LogP contribution is -3.00. The average Bonchev–Trinajstić information content (AvgIpc) is 1.93. The summed E-state index contributed by atoms with van der Waals surface area (Å²) in [5.41, 5.74) is 2.05. The summed E-state index contributed by atoms with van der Waals surface area (Å²) in [7, 11) is 6.00. The molecule has 0 spiro atoms. The molecule has 0 aromatic carbocycles. The molecule has 0 heterocycles. The predicted octanol–water partition coefficient (Wildman–Crippen LogP) is -1.89. The van der Waals surface area contributed by atoms with E-state index in [-0.39, 0.29) is 12.4 Å². The molecule has 0 bridgehead atoms. The number of halogens is 4. The van der Waals surface area contributed by atoms with Gasteiger partial charge in [0.05, 0.1) is 21.1 Å². The maximum absolute atomic E-state index is 11.0. The van der Waals surface area contributed by atoms with Crippen molar-refractivity contribution in [1.29, 1.82) is 0 Å². The Morgan fingerprint density at radius 2 is 1.80 bits per heavy atom. The van der Waals surface area contributed by atoms with Gasteiger partial charge in [0, 0.05) is 0 Å². The van der Waals surface area contributed by atoms with Crippen LogP contribution in [0.5, 0.6) is 0 Å². The zero-order chi connectivity index (χ0) is 11.4. The van der Waals surface area contributed by atoms with Crippen LogP contribution in [0, 0.1) is 0 Å². The first-order chi connectivity index (χ1) is 6.13. The Bertz CT molecular complexity index is 200. The van der Waals surface area contributed by atoms with Crippen LogP contribution in [0.1, 0.15) is 0 Å². The monoisotopic (exact) mass is 298 g/mol. The lowest BCUT2D eigenvalue weighted by molar-refractivity contribution is -0.870. The van der Waals surface area contributed by atoms with Crippen LogP contribution in [0.25, 0.3) is 0 Å². The minimum atomic E-state index is -1.98. The summed E-state index contributed by atoms with van der Waals surface area (Å²) in [5.74, 6) is -0.788. The van der Waals surface area contributed by atoms with E-state index in [0.717, 1.165) is 11.0 Å². The van der Waals surface area contributed by atoms with Gasteiger partial charge in [-0.25, -0.2) is 5.48 Å². The Morgan fingerprint density at radius 1 is 1.33 bits per heavy atom. The molecular weight excluding hydrogens is 286 g/mol. The zero-order valence-electron chi connectivity index (χ0n) is 8.69. The quantitative estimate of drug-likeness (QED) is 0.285. The standard InChI is InChI=1S/C7H13Cl3N2O2.ClH/c1-12(2,3)4-5-14-11-6(13)7(8,9)10;/h4-5H2,1-3H3;1H. The Hall–Kier alpha value is 0.550. The number of carbonyl (C=O) groups excluding carboxylic acids is 1. The minimum absolute atomic E-state index is 0. The summed E-state index contributed by atoms with van der Waals surface area (Å²) in [6.45, 7) is 1.09. The first-order valence-electron chi connectivity index (χ1n) is 3.92. The summed E-state index contributed by atoms with van der Waals surface area (Å²) in [6, 6.07) is 0. The summed E-state index contributed by atoms with van der Waals surface area (Å²) in [6.07, 6.45) is 0. The van der Waals surface area contributed by atoms with Gasteiger partial charge in [-0.2, -0.15) is 0 Å². The molecule has 0 aliphatic carbocycles. The molecule has 0 rings (SSSR count). The van der Waals surface area contributed by atoms with Crippen molar-refractivity contribution < 1.29 is 26.5 Å². The van der Waals surface area contributed by atoms with Crippen molar-refractivity contribution >= 4 is 40.7 Å². The van der Waals surface area contributed by atoms with E-state index in [4.69, 9.17) is 39.6 Å². The third kappa shape index (κ3) is 10.8. The fraction of sp³-hybridized carbons (Fsp3) is 0.857. The maximum Gasteiger partial charge on any atom is 0.295 e. The SMILES string of the molecule is C[N+](C)(C)CCONC(=O)C(Cl)(Cl)Cl.[Cl-]. The van der Waals surface area contributed by atoms with Crippen LogP contribution >= 0.6 is 34.8 Å². The number of hydroxylamine groups is 1. The molecule has 0 aromatic heterocycles. The topological polar surface area (TPSA) is 38.3 Å². The van der Waals surface area contributed by atoms with Gasteiger partial charge in [0.25, 0.3) is 9.70 Å². The van der Waals surface area contributed by atoms with E-state index in [1.54, 1.807) is 0 Å². The molecule has 0 aliphatic heterocycles. The first kappa shape index (κ1) is 17.9. The van der Waals surface area contributed by atoms with Gasteiger partial charge < -0.3 is 16.9 Å². The number of amides is 1. The molecule has 8 heteroatoms. The molecule has 15 heavy (non-hydrogen) atoms. The summed E-state index contributed by atoms with van der Waals surface area (Å²) >= 11 is 15.9. The molecule has 0 unspecified atom stereocenters. The van der Waals surface area contributed by atoms with Crippen molar-refractivity contribution in [3.8, 4) is 0 Å². The largest absolute Gasteiger partial charge is 1.00 e. The second-order valence-corrected chi connectivity index (χ2v) is 6.07. The highest BCUT2D eigenvalue weighted by molar-refractivity contribution is 6.76. The van der Waals surface area contributed by atoms with Gasteiger partial charge in [0.2, 0.25) is 0 Å². The Labute approximate surface area is 111 Å². The molecule has 0 atom stereocenters. The molecule has 0 saturated heterocycles. The third-order valence-corrected chi connectivity index (χ3v) is 1.80. The van der Waals surface area contributed by atoms with Crippen molar-refractivity contribution in [2.24, 2.45) is 0 Å². The number of carbonyl (C=O) groups is 1. The minimum Gasteiger partial charge on any atom is -1.00 e. The van der Waals surface area contributed by atoms with Crippen LogP contribution in [-0.2, 0) is 9.63 Å². The maximum atomic E-state index is 11.0. The molecule has 1 amide bonds. The lowest BCUT2D eigenvalue weighted by Gasteiger charge is -2.23. The van der Waals surface area contributed by atoms with E-state index in [9.17, 15) is 4.79 Å². The summed E-state index contributed by atoms with van der Waals surface area (Å²) < 4.78 is -1.25. The molecule has 0 aliphatic rings. The highest BCUT2D eigenvalue weighted by Gasteiger charge is 2.30. The van der Waals surface area contributed by atoms with Crippen LogP contribution < -0.4 is 17.9 Å². The van der Waals surface area contributed by atoms with Crippen LogP contribution in [0.2, 0.25) is 0 Å². The number of hydrogen-bond acceptors (Lipinski definition) is 2. The van der Waals surface area contributed by atoms with Gasteiger partial charge in [0.1, 0.15) is 13.2 Å². The van der Waals surface area contributed by atoms with Crippen molar-refractivity contribution in [1.82, 2.24) is 5.48 Å². The normalized spacial score (nSPS) is 11.9. The number of nitrogens with zero attached hydrogens (tertiary/aromatic N) is 1. The predicted molar refractivity (Wildman–Crippen MR) is 57.3 cm³/mol. The average molecular weight is 300 g/mol. The van der Waals surface area contributed by atoms with Crippen molar-refractivity contribution in [2.75, 3.05) is 34.3 Å². The highest BCUT2D eigenvalue weighted by Crippen LogP contribution is 2.25. The molecule has 4 nitrogen and oxygen atoms in total. The number of quaternary nitrogens is 1. The summed E-state index contributed by atoms with van der Waals surface area (Å²) in [5, 5.41) is 0. The Morgan fingerprint density at radius 3 is 2.13 bits per heavy atom. The number of likely N-dealkylation sites (N-methyl/N-ethyl adjacent to an activating group) is 1. The fourth-order valence-electron chi connectivity index (χ4n) is 0.494. The molecule has 0 saturated carbocycles. The molecule has 92 valence electrons. The number of alkyl halides is 3. The second-order valence-electron chi connectivity index (χ2n) is 3.79. The molecule has 0 radical (unpaired) electrons. The fourth-order valence-corrected chi connectivity index (χ4v) is 0.610. The van der Waals surface area contributed by atoms with E-state index in [0.29, 0.717) is 6.61 Å². The van der Waals surface area contributed by atoms with Crippen LogP contribution in [0.4, 0.5) is 0 Å². The van der Waals surface area contributed by atoms with Gasteiger partial charge in [0.15, 0.2) is 0 Å². The zero-order valence-corrected chi connectivity index (χ0v) is 11.7. The van der Waals surface area contributed by atoms with E-state index in [1.165, 1.54) is 0 Å². The van der Waals surface area contributed by atoms with Crippen molar-refractivity contribution in [3.63, 3.8) is 0 Å². The molecular formula is C7H14Cl4N2O2.